The maximum atomic E-state index is 11.4. The van der Waals surface area contributed by atoms with Gasteiger partial charge >= 0.3 is 0 Å². The Morgan fingerprint density at radius 2 is 2.27 bits per heavy atom. The van der Waals surface area contributed by atoms with E-state index in [4.69, 9.17) is 10.5 Å². The molecule has 1 saturated carbocycles. The quantitative estimate of drug-likeness (QED) is 0.685. The van der Waals surface area contributed by atoms with Gasteiger partial charge in [-0.05, 0) is 19.8 Å². The maximum Gasteiger partial charge on any atom is 0.211 e. The Labute approximate surface area is 90.4 Å². The molecule has 0 bridgehead atoms. The molecule has 2 aliphatic rings. The minimum atomic E-state index is -3.17. The van der Waals surface area contributed by atoms with Crippen LogP contribution in [0.15, 0.2) is 0 Å². The van der Waals surface area contributed by atoms with Crippen LogP contribution >= 0.6 is 0 Å². The van der Waals surface area contributed by atoms with Crippen molar-refractivity contribution in [2.24, 2.45) is 11.7 Å². The third-order valence-electron chi connectivity index (χ3n) is 3.37. The van der Waals surface area contributed by atoms with Crippen molar-refractivity contribution in [3.05, 3.63) is 0 Å². The first-order valence-corrected chi connectivity index (χ1v) is 7.07. The molecular formula is C9H18N2O3S. The Kier molecular flexibility index (Phi) is 3.03. The summed E-state index contributed by atoms with van der Waals surface area (Å²) in [6, 6.07) is -0.308. The first kappa shape index (κ1) is 11.3. The predicted molar refractivity (Wildman–Crippen MR) is 56.8 cm³/mol. The molecule has 1 saturated heterocycles. The highest BCUT2D eigenvalue weighted by Gasteiger charge is 2.51. The van der Waals surface area contributed by atoms with Crippen LogP contribution < -0.4 is 10.5 Å². The predicted octanol–water partition coefficient (Wildman–Crippen LogP) is -0.570. The molecule has 0 aromatic rings. The standard InChI is InChI=1S/C9H18N2O3S/c1-2-15(12,13)11-8-7(10)6-4-3-5-14-9(6)8/h6-9,11H,2-5,10H2,1H3. The largest absolute Gasteiger partial charge is 0.376 e. The van der Waals surface area contributed by atoms with Crippen LogP contribution in [-0.4, -0.2) is 39.0 Å². The van der Waals surface area contributed by atoms with Crippen molar-refractivity contribution < 1.29 is 13.2 Å². The molecule has 88 valence electrons. The molecule has 4 atom stereocenters. The van der Waals surface area contributed by atoms with Crippen LogP contribution in [0.5, 0.6) is 0 Å². The van der Waals surface area contributed by atoms with Gasteiger partial charge in [0.1, 0.15) is 0 Å². The van der Waals surface area contributed by atoms with Gasteiger partial charge in [-0.3, -0.25) is 0 Å². The lowest BCUT2D eigenvalue weighted by Gasteiger charge is -2.52. The van der Waals surface area contributed by atoms with Crippen LogP contribution in [0.3, 0.4) is 0 Å². The van der Waals surface area contributed by atoms with Gasteiger partial charge in [0.25, 0.3) is 0 Å². The van der Waals surface area contributed by atoms with Crippen LogP contribution in [0.4, 0.5) is 0 Å². The third-order valence-corrected chi connectivity index (χ3v) is 4.76. The third kappa shape index (κ3) is 2.04. The number of fused-ring (bicyclic) bond motifs is 1. The van der Waals surface area contributed by atoms with Crippen LogP contribution in [0.2, 0.25) is 0 Å². The van der Waals surface area contributed by atoms with E-state index in [1.807, 2.05) is 0 Å². The van der Waals surface area contributed by atoms with Crippen molar-refractivity contribution >= 4 is 10.0 Å². The van der Waals surface area contributed by atoms with Gasteiger partial charge in [0.15, 0.2) is 0 Å². The highest BCUT2D eigenvalue weighted by Crippen LogP contribution is 2.37. The van der Waals surface area contributed by atoms with E-state index in [2.05, 4.69) is 4.72 Å². The Morgan fingerprint density at radius 1 is 1.53 bits per heavy atom. The molecular weight excluding hydrogens is 216 g/mol. The zero-order chi connectivity index (χ0) is 11.1. The SMILES string of the molecule is CCS(=O)(=O)NC1C(N)C2CCCOC21. The lowest BCUT2D eigenvalue weighted by Crippen LogP contribution is -2.72. The van der Waals surface area contributed by atoms with E-state index in [0.29, 0.717) is 5.92 Å². The van der Waals surface area contributed by atoms with Crippen molar-refractivity contribution in [2.75, 3.05) is 12.4 Å². The lowest BCUT2D eigenvalue weighted by molar-refractivity contribution is -0.114. The molecule has 0 aromatic carbocycles. The summed E-state index contributed by atoms with van der Waals surface area (Å²) in [5.41, 5.74) is 5.93. The highest BCUT2D eigenvalue weighted by atomic mass is 32.2. The van der Waals surface area contributed by atoms with Crippen molar-refractivity contribution in [3.63, 3.8) is 0 Å². The van der Waals surface area contributed by atoms with Crippen LogP contribution in [0.25, 0.3) is 0 Å². The minimum absolute atomic E-state index is 0.00456. The van der Waals surface area contributed by atoms with Gasteiger partial charge in [-0.25, -0.2) is 13.1 Å². The Balaban J connectivity index is 1.99. The molecule has 15 heavy (non-hydrogen) atoms. The van der Waals surface area contributed by atoms with Gasteiger partial charge in [0.05, 0.1) is 17.9 Å². The molecule has 6 heteroatoms. The zero-order valence-electron chi connectivity index (χ0n) is 8.85. The van der Waals surface area contributed by atoms with E-state index in [9.17, 15) is 8.42 Å². The number of nitrogens with one attached hydrogen (secondary N) is 1. The fourth-order valence-electron chi connectivity index (χ4n) is 2.38. The molecule has 1 heterocycles. The van der Waals surface area contributed by atoms with Gasteiger partial charge in [0.2, 0.25) is 10.0 Å². The van der Waals surface area contributed by atoms with Gasteiger partial charge in [-0.2, -0.15) is 0 Å². The zero-order valence-corrected chi connectivity index (χ0v) is 9.66. The Hall–Kier alpha value is -0.170. The second-order valence-corrected chi connectivity index (χ2v) is 6.31. The molecule has 5 nitrogen and oxygen atoms in total. The average molecular weight is 234 g/mol. The summed E-state index contributed by atoms with van der Waals surface area (Å²) in [6.07, 6.45) is 2.08. The summed E-state index contributed by atoms with van der Waals surface area (Å²) in [5, 5.41) is 0. The average Bonchev–Trinajstić information content (AvgIpc) is 2.26. The number of rotatable bonds is 3. The van der Waals surface area contributed by atoms with Gasteiger partial charge in [-0.15, -0.1) is 0 Å². The highest BCUT2D eigenvalue weighted by molar-refractivity contribution is 7.89. The molecule has 2 rings (SSSR count). The van der Waals surface area contributed by atoms with E-state index in [1.54, 1.807) is 6.92 Å². The lowest BCUT2D eigenvalue weighted by atomic mass is 9.69. The second kappa shape index (κ2) is 4.01. The summed E-state index contributed by atoms with van der Waals surface area (Å²) >= 11 is 0. The van der Waals surface area contributed by atoms with E-state index >= 15 is 0 Å². The number of sulfonamides is 1. The monoisotopic (exact) mass is 234 g/mol. The maximum absolute atomic E-state index is 11.4. The number of hydrogen-bond acceptors (Lipinski definition) is 4. The fraction of sp³-hybridized carbons (Fsp3) is 1.00. The van der Waals surface area contributed by atoms with Crippen LogP contribution in [0, 0.1) is 5.92 Å². The van der Waals surface area contributed by atoms with E-state index in [1.165, 1.54) is 0 Å². The Morgan fingerprint density at radius 3 is 2.93 bits per heavy atom. The van der Waals surface area contributed by atoms with E-state index in [-0.39, 0.29) is 23.9 Å². The molecule has 0 radical (unpaired) electrons. The summed E-state index contributed by atoms with van der Waals surface area (Å²) in [6.45, 7) is 2.34. The summed E-state index contributed by atoms with van der Waals surface area (Å²) < 4.78 is 31.0. The topological polar surface area (TPSA) is 81.4 Å². The molecule has 2 fully saturated rings. The van der Waals surface area contributed by atoms with Crippen molar-refractivity contribution in [1.82, 2.24) is 4.72 Å². The fourth-order valence-corrected chi connectivity index (χ4v) is 3.26. The van der Waals surface area contributed by atoms with Gasteiger partial charge < -0.3 is 10.5 Å². The summed E-state index contributed by atoms with van der Waals surface area (Å²) in [7, 11) is -3.17. The van der Waals surface area contributed by atoms with Gasteiger partial charge in [0, 0.05) is 18.6 Å². The molecule has 1 aliphatic carbocycles. The van der Waals surface area contributed by atoms with Crippen molar-refractivity contribution in [3.8, 4) is 0 Å². The van der Waals surface area contributed by atoms with E-state index in [0.717, 1.165) is 19.4 Å². The molecule has 0 amide bonds. The number of hydrogen-bond donors (Lipinski definition) is 2. The minimum Gasteiger partial charge on any atom is -0.376 e. The molecule has 0 aromatic heterocycles. The molecule has 3 N–H and O–H groups in total. The molecule has 0 spiro atoms. The second-order valence-electron chi connectivity index (χ2n) is 4.27. The van der Waals surface area contributed by atoms with Crippen molar-refractivity contribution in [2.45, 2.75) is 38.0 Å². The first-order chi connectivity index (χ1) is 7.05. The molecule has 1 aliphatic heterocycles. The summed E-state index contributed by atoms with van der Waals surface area (Å²) in [5.74, 6) is 0.427. The smallest absolute Gasteiger partial charge is 0.211 e. The normalized spacial score (nSPS) is 40.7. The summed E-state index contributed by atoms with van der Waals surface area (Å²) in [4.78, 5) is 0. The van der Waals surface area contributed by atoms with Gasteiger partial charge in [-0.1, -0.05) is 0 Å². The van der Waals surface area contributed by atoms with Crippen LogP contribution in [0.1, 0.15) is 19.8 Å². The number of ether oxygens (including phenoxy) is 1. The Bertz CT molecular complexity index is 330. The van der Waals surface area contributed by atoms with Crippen LogP contribution in [-0.2, 0) is 14.8 Å². The van der Waals surface area contributed by atoms with E-state index < -0.39 is 10.0 Å². The van der Waals surface area contributed by atoms with Crippen molar-refractivity contribution in [1.29, 1.82) is 0 Å². The molecule has 4 unspecified atom stereocenters. The number of nitrogens with two attached hydrogens (primary N) is 1. The first-order valence-electron chi connectivity index (χ1n) is 5.42.